The molecule has 100 valence electrons. The van der Waals surface area contributed by atoms with Gasteiger partial charge in [-0.2, -0.15) is 0 Å². The van der Waals surface area contributed by atoms with Gasteiger partial charge in [0, 0.05) is 6.20 Å². The number of aliphatic hydroxyl groups is 2. The molecule has 18 heavy (non-hydrogen) atoms. The van der Waals surface area contributed by atoms with Crippen molar-refractivity contribution in [3.05, 3.63) is 24.0 Å². The Morgan fingerprint density at radius 1 is 1.11 bits per heavy atom. The van der Waals surface area contributed by atoms with E-state index in [1.54, 1.807) is 18.3 Å². The second-order valence-electron chi connectivity index (χ2n) is 3.01. The van der Waals surface area contributed by atoms with Gasteiger partial charge in [0.2, 0.25) is 0 Å². The molecular weight excluding hydrogens is 248 g/mol. The molecule has 2 atom stereocenters. The molecule has 0 aromatic carbocycles. The van der Waals surface area contributed by atoms with Crippen molar-refractivity contribution in [2.24, 2.45) is 5.73 Å². The largest absolute Gasteiger partial charge is 0.479 e. The summed E-state index contributed by atoms with van der Waals surface area (Å²) in [5, 5.41) is 32.5. The van der Waals surface area contributed by atoms with E-state index in [1.807, 2.05) is 0 Å². The standard InChI is InChI=1S/C5H6N2O.C4H6O6/c6-5(8)4-2-1-3-7-4;5-1(3(7)8)2(6)4(9)10/h1-3,7H,(H2,6,8);1-2,5-6H,(H,7,8)(H,9,10). The van der Waals surface area contributed by atoms with E-state index in [0.29, 0.717) is 5.69 Å². The Bertz CT molecular complexity index is 397. The highest BCUT2D eigenvalue weighted by Crippen LogP contribution is 1.92. The molecule has 0 saturated heterocycles. The third kappa shape index (κ3) is 5.09. The highest BCUT2D eigenvalue weighted by Gasteiger charge is 2.29. The van der Waals surface area contributed by atoms with Crippen molar-refractivity contribution >= 4 is 17.8 Å². The van der Waals surface area contributed by atoms with Crippen molar-refractivity contribution in [2.45, 2.75) is 12.2 Å². The van der Waals surface area contributed by atoms with Crippen molar-refractivity contribution in [2.75, 3.05) is 0 Å². The number of aromatic amines is 1. The van der Waals surface area contributed by atoms with Gasteiger partial charge >= 0.3 is 11.9 Å². The number of H-pyrrole nitrogens is 1. The highest BCUT2D eigenvalue weighted by molar-refractivity contribution is 5.90. The molecule has 1 rings (SSSR count). The number of hydrogen-bond donors (Lipinski definition) is 6. The van der Waals surface area contributed by atoms with Gasteiger partial charge in [-0.25, -0.2) is 9.59 Å². The Morgan fingerprint density at radius 3 is 1.72 bits per heavy atom. The van der Waals surface area contributed by atoms with Crippen LogP contribution in [0.4, 0.5) is 0 Å². The molecule has 1 aromatic rings. The number of nitrogens with one attached hydrogen (secondary N) is 1. The number of amides is 1. The number of nitrogens with two attached hydrogens (primary N) is 1. The van der Waals surface area contributed by atoms with Crippen LogP contribution in [0.25, 0.3) is 0 Å². The Hall–Kier alpha value is -2.39. The number of carboxylic acids is 2. The molecule has 9 nitrogen and oxygen atoms in total. The van der Waals surface area contributed by atoms with Gasteiger partial charge in [0.25, 0.3) is 5.91 Å². The second-order valence-corrected chi connectivity index (χ2v) is 3.01. The third-order valence-corrected chi connectivity index (χ3v) is 1.67. The van der Waals surface area contributed by atoms with Gasteiger partial charge in [-0.3, -0.25) is 4.79 Å². The lowest BCUT2D eigenvalue weighted by atomic mass is 10.2. The van der Waals surface area contributed by atoms with Crippen molar-refractivity contribution in [3.8, 4) is 0 Å². The number of primary amides is 1. The average molecular weight is 260 g/mol. The fourth-order valence-corrected chi connectivity index (χ4v) is 0.754. The first-order valence-corrected chi connectivity index (χ1v) is 4.52. The van der Waals surface area contributed by atoms with Crippen molar-refractivity contribution in [1.82, 2.24) is 4.98 Å². The first-order chi connectivity index (χ1) is 8.27. The van der Waals surface area contributed by atoms with E-state index >= 15 is 0 Å². The fraction of sp³-hybridized carbons (Fsp3) is 0.222. The molecule has 9 heteroatoms. The second kappa shape index (κ2) is 7.04. The van der Waals surface area contributed by atoms with E-state index in [0.717, 1.165) is 0 Å². The Balaban J connectivity index is 0.000000327. The van der Waals surface area contributed by atoms with Crippen LogP contribution in [0, 0.1) is 0 Å². The van der Waals surface area contributed by atoms with Gasteiger partial charge in [-0.05, 0) is 12.1 Å². The van der Waals surface area contributed by atoms with Crippen LogP contribution in [0.1, 0.15) is 10.5 Å². The molecule has 7 N–H and O–H groups in total. The number of carbonyl (C=O) groups excluding carboxylic acids is 1. The molecule has 0 spiro atoms. The van der Waals surface area contributed by atoms with Crippen molar-refractivity contribution in [3.63, 3.8) is 0 Å². The zero-order valence-electron chi connectivity index (χ0n) is 8.98. The SMILES string of the molecule is NC(=O)c1ccc[nH]1.O=C(O)C(O)C(O)C(=O)O. The maximum atomic E-state index is 10.3. The Kier molecular flexibility index (Phi) is 6.10. The summed E-state index contributed by atoms with van der Waals surface area (Å²) in [5.74, 6) is -3.96. The van der Waals surface area contributed by atoms with Crippen LogP contribution in [0.3, 0.4) is 0 Å². The minimum atomic E-state index is -2.27. The first-order valence-electron chi connectivity index (χ1n) is 4.52. The summed E-state index contributed by atoms with van der Waals surface area (Å²) >= 11 is 0. The van der Waals surface area contributed by atoms with E-state index in [9.17, 15) is 14.4 Å². The van der Waals surface area contributed by atoms with Gasteiger partial charge < -0.3 is 31.1 Å². The first kappa shape index (κ1) is 15.6. The molecular formula is C9H12N2O7. The van der Waals surface area contributed by atoms with Crippen LogP contribution in [0.15, 0.2) is 18.3 Å². The summed E-state index contributed by atoms with van der Waals surface area (Å²) in [6.07, 6.45) is -2.88. The third-order valence-electron chi connectivity index (χ3n) is 1.67. The molecule has 2 unspecified atom stereocenters. The molecule has 0 fully saturated rings. The summed E-state index contributed by atoms with van der Waals surface area (Å²) in [7, 11) is 0. The van der Waals surface area contributed by atoms with E-state index < -0.39 is 30.1 Å². The zero-order chi connectivity index (χ0) is 14.3. The van der Waals surface area contributed by atoms with Crippen molar-refractivity contribution < 1.29 is 34.8 Å². The number of aliphatic carboxylic acids is 2. The number of aliphatic hydroxyl groups excluding tert-OH is 2. The van der Waals surface area contributed by atoms with E-state index in [-0.39, 0.29) is 0 Å². The number of carboxylic acid groups (broad SMARTS) is 2. The molecule has 1 aromatic heterocycles. The van der Waals surface area contributed by atoms with Crippen LogP contribution in [-0.4, -0.2) is 55.5 Å². The van der Waals surface area contributed by atoms with Crippen LogP contribution in [-0.2, 0) is 9.59 Å². The maximum Gasteiger partial charge on any atom is 0.335 e. The molecule has 0 aliphatic carbocycles. The molecule has 1 amide bonds. The summed E-state index contributed by atoms with van der Waals surface area (Å²) in [5.41, 5.74) is 5.34. The predicted octanol–water partition coefficient (Wildman–Crippen LogP) is -2.01. The Labute approximate surface area is 100 Å². The van der Waals surface area contributed by atoms with E-state index in [1.165, 1.54) is 0 Å². The lowest BCUT2D eigenvalue weighted by Gasteiger charge is -2.07. The monoisotopic (exact) mass is 260 g/mol. The van der Waals surface area contributed by atoms with Gasteiger partial charge in [0.15, 0.2) is 12.2 Å². The van der Waals surface area contributed by atoms with Crippen LogP contribution < -0.4 is 5.73 Å². The fourth-order valence-electron chi connectivity index (χ4n) is 0.754. The average Bonchev–Trinajstić information content (AvgIpc) is 2.81. The lowest BCUT2D eigenvalue weighted by Crippen LogP contribution is -2.39. The van der Waals surface area contributed by atoms with Gasteiger partial charge in [0.05, 0.1) is 0 Å². The highest BCUT2D eigenvalue weighted by atomic mass is 16.4. The molecule has 0 aliphatic rings. The van der Waals surface area contributed by atoms with E-state index in [2.05, 4.69) is 4.98 Å². The van der Waals surface area contributed by atoms with Gasteiger partial charge in [-0.15, -0.1) is 0 Å². The molecule has 0 bridgehead atoms. The number of carbonyl (C=O) groups is 3. The van der Waals surface area contributed by atoms with E-state index in [4.69, 9.17) is 26.2 Å². The smallest absolute Gasteiger partial charge is 0.335 e. The number of hydrogen-bond acceptors (Lipinski definition) is 5. The minimum absolute atomic E-state index is 0.421. The molecule has 1 heterocycles. The zero-order valence-corrected chi connectivity index (χ0v) is 8.98. The van der Waals surface area contributed by atoms with Crippen LogP contribution >= 0.6 is 0 Å². The Morgan fingerprint density at radius 2 is 1.56 bits per heavy atom. The molecule has 0 aliphatic heterocycles. The van der Waals surface area contributed by atoms with Crippen LogP contribution in [0.5, 0.6) is 0 Å². The maximum absolute atomic E-state index is 10.3. The summed E-state index contributed by atoms with van der Waals surface area (Å²) in [6.45, 7) is 0. The summed E-state index contributed by atoms with van der Waals surface area (Å²) in [4.78, 5) is 32.5. The van der Waals surface area contributed by atoms with Gasteiger partial charge in [-0.1, -0.05) is 0 Å². The van der Waals surface area contributed by atoms with Gasteiger partial charge in [0.1, 0.15) is 5.69 Å². The quantitative estimate of drug-likeness (QED) is 0.362. The minimum Gasteiger partial charge on any atom is -0.479 e. The lowest BCUT2D eigenvalue weighted by molar-refractivity contribution is -0.165. The molecule has 0 saturated carbocycles. The summed E-state index contributed by atoms with van der Waals surface area (Å²) < 4.78 is 0. The predicted molar refractivity (Wildman–Crippen MR) is 56.6 cm³/mol. The topological polar surface area (TPSA) is 174 Å². The normalized spacial score (nSPS) is 12.8. The van der Waals surface area contributed by atoms with Crippen molar-refractivity contribution in [1.29, 1.82) is 0 Å². The number of aromatic nitrogens is 1. The number of rotatable bonds is 4. The van der Waals surface area contributed by atoms with Crippen LogP contribution in [0.2, 0.25) is 0 Å². The summed E-state index contributed by atoms with van der Waals surface area (Å²) in [6, 6.07) is 3.35. The molecule has 0 radical (unpaired) electrons.